The van der Waals surface area contributed by atoms with Crippen molar-refractivity contribution in [3.05, 3.63) is 30.1 Å². The van der Waals surface area contributed by atoms with Gasteiger partial charge < -0.3 is 14.5 Å². The summed E-state index contributed by atoms with van der Waals surface area (Å²) < 4.78 is 4.82. The van der Waals surface area contributed by atoms with Gasteiger partial charge in [0.05, 0.1) is 19.2 Å². The van der Waals surface area contributed by atoms with Gasteiger partial charge in [-0.15, -0.1) is 0 Å². The summed E-state index contributed by atoms with van der Waals surface area (Å²) in [6.07, 6.45) is 4.88. The normalized spacial score (nSPS) is 21.0. The van der Waals surface area contributed by atoms with Crippen LogP contribution in [0.15, 0.2) is 24.5 Å². The molecule has 2 fully saturated rings. The third kappa shape index (κ3) is 3.18. The van der Waals surface area contributed by atoms with Crippen molar-refractivity contribution in [1.29, 1.82) is 0 Å². The van der Waals surface area contributed by atoms with Crippen molar-refractivity contribution in [2.24, 2.45) is 5.92 Å². The lowest BCUT2D eigenvalue weighted by Gasteiger charge is -2.40. The number of aromatic nitrogens is 1. The van der Waals surface area contributed by atoms with Gasteiger partial charge in [0.15, 0.2) is 0 Å². The number of carbonyl (C=O) groups excluding carboxylic acids is 3. The molecule has 1 unspecified atom stereocenters. The topological polar surface area (TPSA) is 79.8 Å². The summed E-state index contributed by atoms with van der Waals surface area (Å²) in [7, 11) is 1.29. The van der Waals surface area contributed by atoms with E-state index >= 15 is 0 Å². The van der Waals surface area contributed by atoms with Crippen LogP contribution >= 0.6 is 0 Å². The molecule has 0 bridgehead atoms. The minimum Gasteiger partial charge on any atom is -0.467 e. The molecule has 1 aliphatic heterocycles. The minimum atomic E-state index is -0.774. The minimum absolute atomic E-state index is 0.0763. The summed E-state index contributed by atoms with van der Waals surface area (Å²) in [6, 6.07) is 2.56. The first-order valence-electron chi connectivity index (χ1n) is 7.69. The molecule has 1 aromatic rings. The molecule has 3 rings (SSSR count). The third-order valence-corrected chi connectivity index (χ3v) is 4.26. The Bertz CT molecular complexity index is 615. The Kier molecular flexibility index (Phi) is 4.27. The lowest BCUT2D eigenvalue weighted by atomic mass is 10.1. The van der Waals surface area contributed by atoms with E-state index in [2.05, 4.69) is 4.98 Å². The molecule has 0 N–H and O–H groups in total. The first-order chi connectivity index (χ1) is 11.1. The van der Waals surface area contributed by atoms with Crippen molar-refractivity contribution in [3.8, 4) is 0 Å². The number of amides is 2. The van der Waals surface area contributed by atoms with E-state index in [0.717, 1.165) is 12.8 Å². The molecule has 2 heterocycles. The van der Waals surface area contributed by atoms with Gasteiger partial charge in [-0.25, -0.2) is 4.79 Å². The molecule has 23 heavy (non-hydrogen) atoms. The molecule has 2 amide bonds. The van der Waals surface area contributed by atoms with Gasteiger partial charge in [0, 0.05) is 31.4 Å². The molecule has 1 atom stereocenters. The number of methoxy groups -OCH3 is 1. The molecule has 2 aliphatic rings. The highest BCUT2D eigenvalue weighted by Gasteiger charge is 2.41. The average molecular weight is 317 g/mol. The maximum absolute atomic E-state index is 12.6. The molecule has 7 nitrogen and oxygen atoms in total. The molecule has 7 heteroatoms. The van der Waals surface area contributed by atoms with Gasteiger partial charge >= 0.3 is 5.97 Å². The Morgan fingerprint density at radius 1 is 1.26 bits per heavy atom. The third-order valence-electron chi connectivity index (χ3n) is 4.26. The monoisotopic (exact) mass is 317 g/mol. The number of esters is 1. The summed E-state index contributed by atoms with van der Waals surface area (Å²) >= 11 is 0. The van der Waals surface area contributed by atoms with Crippen molar-refractivity contribution >= 4 is 17.8 Å². The predicted molar refractivity (Wildman–Crippen MR) is 80.4 cm³/mol. The highest BCUT2D eigenvalue weighted by atomic mass is 16.5. The van der Waals surface area contributed by atoms with Crippen LogP contribution in [0.3, 0.4) is 0 Å². The van der Waals surface area contributed by atoms with Crippen LogP contribution in [-0.2, 0) is 14.3 Å². The Labute approximate surface area is 134 Å². The van der Waals surface area contributed by atoms with Crippen LogP contribution in [0, 0.1) is 5.92 Å². The van der Waals surface area contributed by atoms with Crippen molar-refractivity contribution in [2.45, 2.75) is 18.9 Å². The first-order valence-corrected chi connectivity index (χ1v) is 7.69. The Balaban J connectivity index is 1.78. The second-order valence-electron chi connectivity index (χ2n) is 5.84. The summed E-state index contributed by atoms with van der Waals surface area (Å²) in [5.74, 6) is -0.608. The van der Waals surface area contributed by atoms with Crippen molar-refractivity contribution < 1.29 is 19.1 Å². The number of pyridine rings is 1. The largest absolute Gasteiger partial charge is 0.467 e. The molecule has 1 aromatic heterocycles. The molecule has 1 saturated carbocycles. The Morgan fingerprint density at radius 3 is 2.65 bits per heavy atom. The standard InChI is InChI=1S/C16H19N3O4/c1-23-16(22)13-10-18(14(20)11-4-5-11)7-8-19(13)15(21)12-3-2-6-17-9-12/h2-3,6,9,11,13H,4-5,7-8,10H2,1H3. The lowest BCUT2D eigenvalue weighted by molar-refractivity contribution is -0.150. The molecule has 0 spiro atoms. The second-order valence-corrected chi connectivity index (χ2v) is 5.84. The fraction of sp³-hybridized carbons (Fsp3) is 0.500. The van der Waals surface area contributed by atoms with Crippen molar-refractivity contribution in [1.82, 2.24) is 14.8 Å². The van der Waals surface area contributed by atoms with Gasteiger partial charge in [-0.3, -0.25) is 14.6 Å². The van der Waals surface area contributed by atoms with Gasteiger partial charge in [0.2, 0.25) is 5.91 Å². The smallest absolute Gasteiger partial charge is 0.330 e. The van der Waals surface area contributed by atoms with E-state index in [1.807, 2.05) is 0 Å². The molecular formula is C16H19N3O4. The fourth-order valence-electron chi connectivity index (χ4n) is 2.81. The van der Waals surface area contributed by atoms with Crippen LogP contribution in [0.25, 0.3) is 0 Å². The van der Waals surface area contributed by atoms with E-state index in [9.17, 15) is 14.4 Å². The van der Waals surface area contributed by atoms with E-state index in [4.69, 9.17) is 4.74 Å². The van der Waals surface area contributed by atoms with E-state index in [0.29, 0.717) is 18.7 Å². The molecule has 122 valence electrons. The predicted octanol–water partition coefficient (Wildman–Crippen LogP) is 0.318. The number of carbonyl (C=O) groups is 3. The SMILES string of the molecule is COC(=O)C1CN(C(=O)C2CC2)CCN1C(=O)c1cccnc1. The van der Waals surface area contributed by atoms with Crippen LogP contribution in [0.1, 0.15) is 23.2 Å². The van der Waals surface area contributed by atoms with Crippen molar-refractivity contribution in [3.63, 3.8) is 0 Å². The number of ether oxygens (including phenoxy) is 1. The summed E-state index contributed by atoms with van der Waals surface area (Å²) in [6.45, 7) is 0.939. The van der Waals surface area contributed by atoms with Gasteiger partial charge in [-0.2, -0.15) is 0 Å². The van der Waals surface area contributed by atoms with E-state index in [-0.39, 0.29) is 24.3 Å². The molecular weight excluding hydrogens is 298 g/mol. The number of hydrogen-bond donors (Lipinski definition) is 0. The molecule has 1 aliphatic carbocycles. The quantitative estimate of drug-likeness (QED) is 0.750. The second kappa shape index (κ2) is 6.36. The van der Waals surface area contributed by atoms with E-state index in [1.54, 1.807) is 23.2 Å². The first kappa shape index (κ1) is 15.5. The van der Waals surface area contributed by atoms with Crippen molar-refractivity contribution in [2.75, 3.05) is 26.7 Å². The molecule has 0 aromatic carbocycles. The van der Waals surface area contributed by atoms with E-state index < -0.39 is 12.0 Å². The maximum atomic E-state index is 12.6. The molecule has 1 saturated heterocycles. The van der Waals surface area contributed by atoms with Gasteiger partial charge in [0.25, 0.3) is 5.91 Å². The summed E-state index contributed by atoms with van der Waals surface area (Å²) in [5, 5.41) is 0. The highest BCUT2D eigenvalue weighted by molar-refractivity contribution is 5.97. The summed E-state index contributed by atoms with van der Waals surface area (Å²) in [4.78, 5) is 44.0. The zero-order chi connectivity index (χ0) is 16.4. The summed E-state index contributed by atoms with van der Waals surface area (Å²) in [5.41, 5.74) is 0.420. The van der Waals surface area contributed by atoms with Gasteiger partial charge in [-0.1, -0.05) is 0 Å². The Morgan fingerprint density at radius 2 is 2.04 bits per heavy atom. The average Bonchev–Trinajstić information content (AvgIpc) is 3.45. The number of rotatable bonds is 3. The van der Waals surface area contributed by atoms with Crippen LogP contribution in [0.4, 0.5) is 0 Å². The highest BCUT2D eigenvalue weighted by Crippen LogP contribution is 2.32. The number of piperazine rings is 1. The van der Waals surface area contributed by atoms with Crippen LogP contribution in [0.2, 0.25) is 0 Å². The maximum Gasteiger partial charge on any atom is 0.330 e. The van der Waals surface area contributed by atoms with Gasteiger partial charge in [0.1, 0.15) is 6.04 Å². The lowest BCUT2D eigenvalue weighted by Crippen LogP contribution is -2.59. The molecule has 0 radical (unpaired) electrons. The Hall–Kier alpha value is -2.44. The number of hydrogen-bond acceptors (Lipinski definition) is 5. The zero-order valence-electron chi connectivity index (χ0n) is 13.0. The van der Waals surface area contributed by atoms with Gasteiger partial charge in [-0.05, 0) is 25.0 Å². The van der Waals surface area contributed by atoms with E-state index in [1.165, 1.54) is 18.2 Å². The van der Waals surface area contributed by atoms with Crippen LogP contribution in [0.5, 0.6) is 0 Å². The van der Waals surface area contributed by atoms with Crippen LogP contribution in [-0.4, -0.2) is 65.4 Å². The number of nitrogens with zero attached hydrogens (tertiary/aromatic N) is 3. The zero-order valence-corrected chi connectivity index (χ0v) is 13.0. The fourth-order valence-corrected chi connectivity index (χ4v) is 2.81. The van der Waals surface area contributed by atoms with Crippen LogP contribution < -0.4 is 0 Å².